The molecule has 0 radical (unpaired) electrons. The van der Waals surface area contributed by atoms with Crippen molar-refractivity contribution in [3.05, 3.63) is 78.4 Å². The molecule has 0 unspecified atom stereocenters. The van der Waals surface area contributed by atoms with Crippen LogP contribution in [0.1, 0.15) is 22.8 Å². The number of benzene rings is 1. The lowest BCUT2D eigenvalue weighted by atomic mass is 10.1. The fourth-order valence-corrected chi connectivity index (χ4v) is 3.69. The number of rotatable bonds is 7. The zero-order valence-corrected chi connectivity index (χ0v) is 18.7. The number of ether oxygens (including phenoxy) is 2. The molecule has 5 aromatic rings. The van der Waals surface area contributed by atoms with E-state index in [1.807, 2.05) is 49.5 Å². The first-order valence-electron chi connectivity index (χ1n) is 10.8. The van der Waals surface area contributed by atoms with Crippen LogP contribution in [0.25, 0.3) is 27.8 Å². The van der Waals surface area contributed by atoms with Crippen LogP contribution in [0.4, 0.5) is 0 Å². The molecule has 1 amide bonds. The van der Waals surface area contributed by atoms with Gasteiger partial charge in [0.25, 0.3) is 5.91 Å². The zero-order chi connectivity index (χ0) is 23.5. The minimum absolute atomic E-state index is 0.195. The van der Waals surface area contributed by atoms with Crippen molar-refractivity contribution in [1.29, 1.82) is 0 Å². The van der Waals surface area contributed by atoms with Crippen molar-refractivity contribution in [1.82, 2.24) is 29.9 Å². The average Bonchev–Trinajstić information content (AvgIpc) is 3.35. The molecule has 9 heteroatoms. The molecule has 5 rings (SSSR count). The number of fused-ring (bicyclic) bond motifs is 2. The summed E-state index contributed by atoms with van der Waals surface area (Å²) in [5, 5.41) is 7.87. The molecule has 0 saturated carbocycles. The Balaban J connectivity index is 1.44. The molecule has 9 nitrogen and oxygen atoms in total. The van der Waals surface area contributed by atoms with E-state index < -0.39 is 0 Å². The van der Waals surface area contributed by atoms with E-state index >= 15 is 0 Å². The highest BCUT2D eigenvalue weighted by Gasteiger charge is 2.13. The molecule has 4 aromatic heterocycles. The van der Waals surface area contributed by atoms with Crippen LogP contribution in [0, 0.1) is 0 Å². The van der Waals surface area contributed by atoms with Gasteiger partial charge in [0.2, 0.25) is 5.88 Å². The number of nitrogens with one attached hydrogen (secondary N) is 1. The molecule has 0 aliphatic rings. The molecule has 0 saturated heterocycles. The summed E-state index contributed by atoms with van der Waals surface area (Å²) in [6.07, 6.45) is 4.97. The van der Waals surface area contributed by atoms with Gasteiger partial charge < -0.3 is 14.8 Å². The third-order valence-electron chi connectivity index (χ3n) is 5.37. The summed E-state index contributed by atoms with van der Waals surface area (Å²) in [7, 11) is 1.57. The number of aromatic nitrogens is 5. The molecular formula is C25H22N6O3. The molecule has 0 bridgehead atoms. The highest BCUT2D eigenvalue weighted by Crippen LogP contribution is 2.31. The van der Waals surface area contributed by atoms with Crippen molar-refractivity contribution >= 4 is 22.5 Å². The van der Waals surface area contributed by atoms with Crippen LogP contribution < -0.4 is 14.8 Å². The van der Waals surface area contributed by atoms with E-state index in [0.29, 0.717) is 41.6 Å². The number of hydrogen-bond donors (Lipinski definition) is 1. The van der Waals surface area contributed by atoms with Gasteiger partial charge in [0.15, 0.2) is 5.65 Å². The van der Waals surface area contributed by atoms with Crippen molar-refractivity contribution in [2.45, 2.75) is 13.5 Å². The molecule has 170 valence electrons. The summed E-state index contributed by atoms with van der Waals surface area (Å²) < 4.78 is 12.8. The Morgan fingerprint density at radius 1 is 1.09 bits per heavy atom. The first kappa shape index (κ1) is 21.3. The highest BCUT2D eigenvalue weighted by atomic mass is 16.5. The van der Waals surface area contributed by atoms with Gasteiger partial charge in [-0.25, -0.2) is 19.5 Å². The van der Waals surface area contributed by atoms with Gasteiger partial charge in [0.1, 0.15) is 12.1 Å². The largest absolute Gasteiger partial charge is 0.493 e. The summed E-state index contributed by atoms with van der Waals surface area (Å²) in [5.74, 6) is 1.00. The first-order chi connectivity index (χ1) is 16.6. The minimum Gasteiger partial charge on any atom is -0.493 e. The van der Waals surface area contributed by atoms with Gasteiger partial charge in [-0.05, 0) is 48.9 Å². The average molecular weight is 454 g/mol. The van der Waals surface area contributed by atoms with Gasteiger partial charge in [0, 0.05) is 47.6 Å². The Hall–Kier alpha value is -4.53. The second-order valence-corrected chi connectivity index (χ2v) is 7.54. The topological polar surface area (TPSA) is 104 Å². The van der Waals surface area contributed by atoms with E-state index in [1.54, 1.807) is 30.0 Å². The van der Waals surface area contributed by atoms with Gasteiger partial charge >= 0.3 is 0 Å². The smallest absolute Gasteiger partial charge is 0.251 e. The van der Waals surface area contributed by atoms with Gasteiger partial charge in [-0.1, -0.05) is 0 Å². The van der Waals surface area contributed by atoms with Crippen LogP contribution >= 0.6 is 0 Å². The fourth-order valence-electron chi connectivity index (χ4n) is 3.69. The van der Waals surface area contributed by atoms with Crippen molar-refractivity contribution < 1.29 is 14.3 Å². The first-order valence-corrected chi connectivity index (χ1v) is 10.8. The second-order valence-electron chi connectivity index (χ2n) is 7.54. The third kappa shape index (κ3) is 4.23. The molecular weight excluding hydrogens is 432 g/mol. The molecule has 0 spiro atoms. The predicted molar refractivity (Wildman–Crippen MR) is 127 cm³/mol. The highest BCUT2D eigenvalue weighted by molar-refractivity contribution is 5.99. The Morgan fingerprint density at radius 3 is 2.85 bits per heavy atom. The summed E-state index contributed by atoms with van der Waals surface area (Å²) >= 11 is 0. The van der Waals surface area contributed by atoms with E-state index in [0.717, 1.165) is 22.2 Å². The number of nitrogens with zero attached hydrogens (tertiary/aromatic N) is 5. The molecule has 0 fully saturated rings. The molecule has 0 aliphatic heterocycles. The summed E-state index contributed by atoms with van der Waals surface area (Å²) in [5.41, 5.74) is 4.37. The number of hydrogen-bond acceptors (Lipinski definition) is 7. The fraction of sp³-hybridized carbons (Fsp3) is 0.160. The van der Waals surface area contributed by atoms with E-state index in [9.17, 15) is 4.79 Å². The SMILES string of the molecule is CCOc1cc(-c2ccnc(OC)c2)nc2cc(C(=O)NCc3ccn4ncnc4c3)ccc12. The predicted octanol–water partition coefficient (Wildman–Crippen LogP) is 3.68. The maximum absolute atomic E-state index is 12.9. The normalized spacial score (nSPS) is 11.0. The number of methoxy groups -OCH3 is 1. The number of amides is 1. The van der Waals surface area contributed by atoms with Gasteiger partial charge in [-0.15, -0.1) is 0 Å². The van der Waals surface area contributed by atoms with Crippen LogP contribution in [0.3, 0.4) is 0 Å². The minimum atomic E-state index is -0.195. The standard InChI is InChI=1S/C25H22N6O3/c1-3-34-22-13-20(17-6-8-26-24(12-17)33-2)30-21-11-18(4-5-19(21)22)25(32)27-14-16-7-9-31-23(10-16)28-15-29-31/h4-13,15H,3,14H2,1-2H3,(H,27,32). The van der Waals surface area contributed by atoms with Crippen molar-refractivity contribution in [2.24, 2.45) is 0 Å². The quantitative estimate of drug-likeness (QED) is 0.400. The van der Waals surface area contributed by atoms with Crippen LogP contribution in [0.5, 0.6) is 11.6 Å². The summed E-state index contributed by atoms with van der Waals surface area (Å²) in [4.78, 5) is 26.0. The Morgan fingerprint density at radius 2 is 2.00 bits per heavy atom. The number of carbonyl (C=O) groups excluding carboxylic acids is 1. The summed E-state index contributed by atoms with van der Waals surface area (Å²) in [6, 6.07) is 14.8. The molecule has 4 heterocycles. The molecule has 0 aliphatic carbocycles. The van der Waals surface area contributed by atoms with Gasteiger partial charge in [0.05, 0.1) is 24.9 Å². The van der Waals surface area contributed by atoms with E-state index in [1.165, 1.54) is 6.33 Å². The number of pyridine rings is 3. The van der Waals surface area contributed by atoms with Crippen LogP contribution in [0.2, 0.25) is 0 Å². The lowest BCUT2D eigenvalue weighted by Crippen LogP contribution is -2.22. The summed E-state index contributed by atoms with van der Waals surface area (Å²) in [6.45, 7) is 2.81. The third-order valence-corrected chi connectivity index (χ3v) is 5.37. The van der Waals surface area contributed by atoms with E-state index in [-0.39, 0.29) is 5.91 Å². The zero-order valence-electron chi connectivity index (χ0n) is 18.7. The van der Waals surface area contributed by atoms with Crippen molar-refractivity contribution in [3.63, 3.8) is 0 Å². The Kier molecular flexibility index (Phi) is 5.73. The van der Waals surface area contributed by atoms with Gasteiger partial charge in [-0.2, -0.15) is 5.10 Å². The van der Waals surface area contributed by atoms with Crippen molar-refractivity contribution in [2.75, 3.05) is 13.7 Å². The Labute approximate surface area is 195 Å². The lowest BCUT2D eigenvalue weighted by Gasteiger charge is -2.12. The molecule has 1 N–H and O–H groups in total. The maximum atomic E-state index is 12.9. The van der Waals surface area contributed by atoms with Crippen LogP contribution in [0.15, 0.2) is 67.3 Å². The van der Waals surface area contributed by atoms with Crippen LogP contribution in [-0.2, 0) is 6.54 Å². The monoisotopic (exact) mass is 454 g/mol. The lowest BCUT2D eigenvalue weighted by molar-refractivity contribution is 0.0951. The Bertz CT molecular complexity index is 1500. The molecule has 34 heavy (non-hydrogen) atoms. The van der Waals surface area contributed by atoms with Crippen molar-refractivity contribution in [3.8, 4) is 22.9 Å². The molecule has 0 atom stereocenters. The molecule has 1 aromatic carbocycles. The van der Waals surface area contributed by atoms with Crippen LogP contribution in [-0.4, -0.2) is 44.2 Å². The second kappa shape index (κ2) is 9.14. The van der Waals surface area contributed by atoms with Gasteiger partial charge in [-0.3, -0.25) is 4.79 Å². The number of carbonyl (C=O) groups is 1. The maximum Gasteiger partial charge on any atom is 0.251 e. The van der Waals surface area contributed by atoms with E-state index in [2.05, 4.69) is 20.4 Å². The van der Waals surface area contributed by atoms with E-state index in [4.69, 9.17) is 14.5 Å².